The molecule has 0 aliphatic rings. The molecule has 0 aliphatic heterocycles. The van der Waals surface area contributed by atoms with Gasteiger partial charge in [0.2, 0.25) is 11.7 Å². The van der Waals surface area contributed by atoms with Gasteiger partial charge in [-0.25, -0.2) is 4.98 Å². The average molecular weight is 373 g/mol. The number of halogens is 5. The lowest BCUT2D eigenvalue weighted by atomic mass is 10.2. The molecule has 138 valence electrons. The fraction of sp³-hybridized carbons (Fsp3) is 0.333. The molecule has 0 bridgehead atoms. The number of hydrogen-bond acceptors (Lipinski definition) is 5. The second-order valence-corrected chi connectivity index (χ2v) is 5.59. The van der Waals surface area contributed by atoms with Gasteiger partial charge in [-0.1, -0.05) is 0 Å². The summed E-state index contributed by atoms with van der Waals surface area (Å²) in [5.74, 6) is -4.08. The Balaban J connectivity index is 1.90. The molecule has 0 amide bonds. The monoisotopic (exact) mass is 373 g/mol. The minimum absolute atomic E-state index is 0.136. The van der Waals surface area contributed by atoms with E-state index in [9.17, 15) is 22.0 Å². The van der Waals surface area contributed by atoms with Gasteiger partial charge >= 0.3 is 12.1 Å². The van der Waals surface area contributed by atoms with Gasteiger partial charge in [0, 0.05) is 24.8 Å². The van der Waals surface area contributed by atoms with E-state index in [4.69, 9.17) is 4.74 Å². The van der Waals surface area contributed by atoms with E-state index in [0.29, 0.717) is 12.5 Å². The van der Waals surface area contributed by atoms with Crippen LogP contribution in [-0.2, 0) is 5.92 Å². The quantitative estimate of drug-likeness (QED) is 0.654. The Hall–Kier alpha value is -2.85. The van der Waals surface area contributed by atoms with Gasteiger partial charge in [-0.3, -0.25) is 0 Å². The number of fused-ring (bicyclic) bond motifs is 1. The predicted molar refractivity (Wildman–Crippen MR) is 79.7 cm³/mol. The average Bonchev–Trinajstić information content (AvgIpc) is 2.98. The van der Waals surface area contributed by atoms with Crippen LogP contribution in [0.25, 0.3) is 16.9 Å². The zero-order valence-electron chi connectivity index (χ0n) is 13.5. The van der Waals surface area contributed by atoms with Gasteiger partial charge in [0.25, 0.3) is 0 Å². The molecule has 3 aromatic rings. The number of pyridine rings is 1. The van der Waals surface area contributed by atoms with Crippen LogP contribution in [0.1, 0.15) is 19.7 Å². The minimum atomic E-state index is -4.51. The van der Waals surface area contributed by atoms with Crippen molar-refractivity contribution in [2.45, 2.75) is 32.1 Å². The van der Waals surface area contributed by atoms with Crippen LogP contribution < -0.4 is 4.74 Å². The normalized spacial score (nSPS) is 13.8. The van der Waals surface area contributed by atoms with E-state index in [1.54, 1.807) is 0 Å². The van der Waals surface area contributed by atoms with E-state index in [-0.39, 0.29) is 17.2 Å². The summed E-state index contributed by atoms with van der Waals surface area (Å²) in [6.07, 6.45) is -5.29. The summed E-state index contributed by atoms with van der Waals surface area (Å²) in [5.41, 5.74) is 0.806. The minimum Gasteiger partial charge on any atom is -0.465 e. The van der Waals surface area contributed by atoms with Crippen molar-refractivity contribution >= 4 is 5.65 Å². The number of alkyl halides is 5. The largest absolute Gasteiger partial charge is 0.465 e. The standard InChI is InChI=1S/C15H12F5N5O/c1-8(15(18,19)20)26-12-6-3-9(7-21-12)10-4-5-11-22-23-13(14(2,16)17)25(11)24-10/h3-8H,1-2H3/t8-/m0/s1. The summed E-state index contributed by atoms with van der Waals surface area (Å²) >= 11 is 0. The Labute approximate surface area is 143 Å². The highest BCUT2D eigenvalue weighted by atomic mass is 19.4. The zero-order chi connectivity index (χ0) is 19.1. The smallest absolute Gasteiger partial charge is 0.425 e. The number of hydrogen-bond donors (Lipinski definition) is 0. The summed E-state index contributed by atoms with van der Waals surface area (Å²) in [7, 11) is 0. The van der Waals surface area contributed by atoms with Gasteiger partial charge in [-0.15, -0.1) is 10.2 Å². The number of ether oxygens (including phenoxy) is 1. The van der Waals surface area contributed by atoms with Gasteiger partial charge in [0.1, 0.15) is 0 Å². The first kappa shape index (κ1) is 18.0. The highest BCUT2D eigenvalue weighted by molar-refractivity contribution is 5.59. The summed E-state index contributed by atoms with van der Waals surface area (Å²) in [5, 5.41) is 11.1. The summed E-state index contributed by atoms with van der Waals surface area (Å²) in [6, 6.07) is 5.62. The molecule has 3 aromatic heterocycles. The molecule has 0 saturated carbocycles. The topological polar surface area (TPSA) is 65.2 Å². The lowest BCUT2D eigenvalue weighted by molar-refractivity contribution is -0.189. The van der Waals surface area contributed by atoms with E-state index in [1.807, 2.05) is 0 Å². The third-order valence-corrected chi connectivity index (χ3v) is 3.45. The molecule has 3 heterocycles. The molecule has 0 N–H and O–H groups in total. The molecular weight excluding hydrogens is 361 g/mol. The maximum atomic E-state index is 13.5. The van der Waals surface area contributed by atoms with Crippen molar-refractivity contribution in [3.8, 4) is 17.1 Å². The second kappa shape index (κ2) is 6.15. The maximum Gasteiger partial charge on any atom is 0.425 e. The van der Waals surface area contributed by atoms with Gasteiger partial charge in [-0.05, 0) is 25.1 Å². The van der Waals surface area contributed by atoms with Crippen LogP contribution in [-0.4, -0.2) is 37.1 Å². The van der Waals surface area contributed by atoms with Crippen LogP contribution in [0.15, 0.2) is 30.5 Å². The SMILES string of the molecule is C[C@H](Oc1ccc(-c2ccc3nnc(C(C)(F)F)n3n2)cn1)C(F)(F)F. The van der Waals surface area contributed by atoms with E-state index in [0.717, 1.165) is 11.4 Å². The molecule has 0 radical (unpaired) electrons. The molecule has 0 spiro atoms. The highest BCUT2D eigenvalue weighted by Crippen LogP contribution is 2.27. The molecule has 0 aliphatic carbocycles. The Morgan fingerprint density at radius 2 is 1.77 bits per heavy atom. The first-order valence-electron chi connectivity index (χ1n) is 7.36. The molecule has 0 saturated heterocycles. The lowest BCUT2D eigenvalue weighted by Crippen LogP contribution is -2.31. The van der Waals surface area contributed by atoms with E-state index in [2.05, 4.69) is 20.3 Å². The third kappa shape index (κ3) is 3.55. The van der Waals surface area contributed by atoms with Crippen LogP contribution in [0.3, 0.4) is 0 Å². The van der Waals surface area contributed by atoms with Crippen molar-refractivity contribution < 1.29 is 26.7 Å². The number of rotatable bonds is 4. The highest BCUT2D eigenvalue weighted by Gasteiger charge is 2.38. The predicted octanol–water partition coefficient (Wildman–Crippen LogP) is 3.63. The van der Waals surface area contributed by atoms with Gasteiger partial charge in [0.15, 0.2) is 11.8 Å². The fourth-order valence-electron chi connectivity index (χ4n) is 2.07. The summed E-state index contributed by atoms with van der Waals surface area (Å²) < 4.78 is 70.2. The van der Waals surface area contributed by atoms with Gasteiger partial charge in [0.05, 0.1) is 5.69 Å². The van der Waals surface area contributed by atoms with Crippen molar-refractivity contribution in [1.82, 2.24) is 24.8 Å². The molecule has 1 atom stereocenters. The summed E-state index contributed by atoms with van der Waals surface area (Å²) in [4.78, 5) is 3.80. The Morgan fingerprint density at radius 1 is 1.04 bits per heavy atom. The Kier molecular flexibility index (Phi) is 4.24. The van der Waals surface area contributed by atoms with Crippen LogP contribution in [0.2, 0.25) is 0 Å². The molecular formula is C15H12F5N5O. The number of aromatic nitrogens is 5. The Morgan fingerprint density at radius 3 is 2.35 bits per heavy atom. The van der Waals surface area contributed by atoms with Gasteiger partial charge < -0.3 is 4.74 Å². The molecule has 0 unspecified atom stereocenters. The van der Waals surface area contributed by atoms with Crippen molar-refractivity contribution in [1.29, 1.82) is 0 Å². The number of nitrogens with zero attached hydrogens (tertiary/aromatic N) is 5. The van der Waals surface area contributed by atoms with Crippen molar-refractivity contribution in [3.63, 3.8) is 0 Å². The molecule has 26 heavy (non-hydrogen) atoms. The molecule has 0 aromatic carbocycles. The second-order valence-electron chi connectivity index (χ2n) is 5.59. The van der Waals surface area contributed by atoms with E-state index in [1.165, 1.54) is 30.5 Å². The molecule has 6 nitrogen and oxygen atoms in total. The van der Waals surface area contributed by atoms with Crippen LogP contribution in [0, 0.1) is 0 Å². The molecule has 11 heteroatoms. The van der Waals surface area contributed by atoms with Crippen LogP contribution in [0.4, 0.5) is 22.0 Å². The molecule has 0 fully saturated rings. The maximum absolute atomic E-state index is 13.5. The van der Waals surface area contributed by atoms with Crippen molar-refractivity contribution in [2.75, 3.05) is 0 Å². The van der Waals surface area contributed by atoms with Crippen molar-refractivity contribution in [3.05, 3.63) is 36.3 Å². The van der Waals surface area contributed by atoms with Crippen LogP contribution in [0.5, 0.6) is 5.88 Å². The van der Waals surface area contributed by atoms with E-state index < -0.39 is 24.0 Å². The van der Waals surface area contributed by atoms with Crippen molar-refractivity contribution in [2.24, 2.45) is 0 Å². The Bertz CT molecular complexity index is 917. The first-order chi connectivity index (χ1) is 12.1. The zero-order valence-corrected chi connectivity index (χ0v) is 13.5. The first-order valence-corrected chi connectivity index (χ1v) is 7.36. The lowest BCUT2D eigenvalue weighted by Gasteiger charge is -2.16. The van der Waals surface area contributed by atoms with Gasteiger partial charge in [-0.2, -0.15) is 31.6 Å². The van der Waals surface area contributed by atoms with E-state index >= 15 is 0 Å². The van der Waals surface area contributed by atoms with Crippen LogP contribution >= 0.6 is 0 Å². The molecule has 3 rings (SSSR count). The third-order valence-electron chi connectivity index (χ3n) is 3.45. The summed E-state index contributed by atoms with van der Waals surface area (Å²) in [6.45, 7) is 1.54. The fourth-order valence-corrected chi connectivity index (χ4v) is 2.07.